The number of aromatic amines is 1. The van der Waals surface area contributed by atoms with Gasteiger partial charge in [0, 0.05) is 44.9 Å². The van der Waals surface area contributed by atoms with Crippen LogP contribution in [0.3, 0.4) is 0 Å². The molecular weight excluding hydrogens is 460 g/mol. The van der Waals surface area contributed by atoms with Crippen molar-refractivity contribution in [1.82, 2.24) is 30.0 Å². The van der Waals surface area contributed by atoms with Gasteiger partial charge in [0.25, 0.3) is 0 Å². The van der Waals surface area contributed by atoms with Crippen LogP contribution in [0, 0.1) is 11.6 Å². The van der Waals surface area contributed by atoms with Crippen molar-refractivity contribution < 1.29 is 23.0 Å². The second-order valence-corrected chi connectivity index (χ2v) is 8.03. The molecule has 1 aromatic carbocycles. The number of hydrogen-bond donors (Lipinski definition) is 2. The molecule has 0 spiro atoms. The number of methoxy groups -OCH3 is 2. The number of likely N-dealkylation sites (N-methyl/N-ethyl adjacent to an activating group) is 1. The van der Waals surface area contributed by atoms with E-state index in [4.69, 9.17) is 14.2 Å². The lowest BCUT2D eigenvalue weighted by Crippen LogP contribution is -2.45. The fraction of sp³-hybridized carbons (Fsp3) is 0.435. The molecule has 10 nitrogen and oxygen atoms in total. The molecule has 0 aliphatic carbocycles. The molecule has 12 heteroatoms. The molecule has 1 aliphatic rings. The van der Waals surface area contributed by atoms with Crippen molar-refractivity contribution in [2.75, 3.05) is 52.3 Å². The maximum atomic E-state index is 14.5. The number of halogens is 2. The van der Waals surface area contributed by atoms with Gasteiger partial charge in [0.2, 0.25) is 5.95 Å². The van der Waals surface area contributed by atoms with Gasteiger partial charge in [0.05, 0.1) is 37.9 Å². The van der Waals surface area contributed by atoms with Crippen LogP contribution < -0.4 is 19.5 Å². The molecule has 0 bridgehead atoms. The van der Waals surface area contributed by atoms with Crippen LogP contribution >= 0.6 is 0 Å². The first kappa shape index (κ1) is 24.6. The number of H-pyrrole nitrogens is 1. The topological polar surface area (TPSA) is 101 Å². The quantitative estimate of drug-likeness (QED) is 0.445. The molecule has 2 aromatic heterocycles. The first-order chi connectivity index (χ1) is 17.0. The van der Waals surface area contributed by atoms with Crippen LogP contribution in [-0.2, 0) is 13.2 Å². The third-order valence-corrected chi connectivity index (χ3v) is 5.85. The minimum atomic E-state index is -0.855. The Morgan fingerprint density at radius 2 is 1.60 bits per heavy atom. The highest BCUT2D eigenvalue weighted by Gasteiger charge is 2.21. The molecule has 0 saturated carbocycles. The number of nitrogens with one attached hydrogen (secondary N) is 2. The molecule has 1 aliphatic heterocycles. The van der Waals surface area contributed by atoms with Gasteiger partial charge in [-0.2, -0.15) is 5.10 Å². The van der Waals surface area contributed by atoms with Crippen molar-refractivity contribution in [3.05, 3.63) is 47.4 Å². The third kappa shape index (κ3) is 5.95. The van der Waals surface area contributed by atoms with Gasteiger partial charge in [-0.25, -0.2) is 18.7 Å². The Morgan fingerprint density at radius 3 is 2.20 bits per heavy atom. The van der Waals surface area contributed by atoms with E-state index in [0.29, 0.717) is 11.8 Å². The predicted molar refractivity (Wildman–Crippen MR) is 125 cm³/mol. The van der Waals surface area contributed by atoms with Crippen LogP contribution in [0.25, 0.3) is 0 Å². The van der Waals surface area contributed by atoms with Gasteiger partial charge in [0.1, 0.15) is 6.61 Å². The number of benzene rings is 1. The van der Waals surface area contributed by atoms with Gasteiger partial charge in [-0.1, -0.05) is 6.92 Å². The summed E-state index contributed by atoms with van der Waals surface area (Å²) < 4.78 is 44.3. The zero-order valence-electron chi connectivity index (χ0n) is 20.0. The summed E-state index contributed by atoms with van der Waals surface area (Å²) in [5.74, 6) is -0.845. The highest BCUT2D eigenvalue weighted by Crippen LogP contribution is 2.32. The summed E-state index contributed by atoms with van der Waals surface area (Å²) in [6.07, 6.45) is 2.81. The third-order valence-electron chi connectivity index (χ3n) is 5.85. The Balaban J connectivity index is 1.33. The number of hydrogen-bond acceptors (Lipinski definition) is 9. The molecule has 0 atom stereocenters. The van der Waals surface area contributed by atoms with E-state index >= 15 is 0 Å². The Bertz CT molecular complexity index is 1090. The number of piperazine rings is 1. The molecule has 1 saturated heterocycles. The van der Waals surface area contributed by atoms with Gasteiger partial charge < -0.3 is 24.4 Å². The summed E-state index contributed by atoms with van der Waals surface area (Å²) in [5.41, 5.74) is 0.679. The molecular formula is C23H29F2N7O3. The van der Waals surface area contributed by atoms with Crippen LogP contribution in [0.2, 0.25) is 0 Å². The van der Waals surface area contributed by atoms with Crippen LogP contribution in [0.5, 0.6) is 17.2 Å². The molecule has 0 amide bonds. The summed E-state index contributed by atoms with van der Waals surface area (Å²) in [5, 5.41) is 10.3. The first-order valence-electron chi connectivity index (χ1n) is 11.3. The van der Waals surface area contributed by atoms with Gasteiger partial charge in [-0.3, -0.25) is 10.00 Å². The maximum absolute atomic E-state index is 14.5. The molecule has 0 unspecified atom stereocenters. The summed E-state index contributed by atoms with van der Waals surface area (Å²) in [6.45, 7) is 7.86. The predicted octanol–water partition coefficient (Wildman–Crippen LogP) is 2.96. The average Bonchev–Trinajstić information content (AvgIpc) is 3.32. The molecule has 3 heterocycles. The first-order valence-corrected chi connectivity index (χ1v) is 11.3. The van der Waals surface area contributed by atoms with Gasteiger partial charge in [-0.05, 0) is 6.54 Å². The van der Waals surface area contributed by atoms with Gasteiger partial charge in [0.15, 0.2) is 34.7 Å². The smallest absolute Gasteiger partial charge is 0.228 e. The van der Waals surface area contributed by atoms with Crippen LogP contribution in [0.4, 0.5) is 20.5 Å². The van der Waals surface area contributed by atoms with E-state index in [1.54, 1.807) is 0 Å². The van der Waals surface area contributed by atoms with E-state index < -0.39 is 18.2 Å². The summed E-state index contributed by atoms with van der Waals surface area (Å²) >= 11 is 0. The SMILES string of the molecule is CCN1CCN(Cc2cc(Nc3ncc(OCc4c(F)c(OC)cc(OC)c4F)cn3)n[nH]2)CC1. The minimum absolute atomic E-state index is 0.140. The van der Waals surface area contributed by atoms with Gasteiger partial charge >= 0.3 is 0 Å². The second kappa shape index (κ2) is 11.3. The average molecular weight is 490 g/mol. The molecule has 4 rings (SSSR count). The van der Waals surface area contributed by atoms with E-state index in [1.807, 2.05) is 6.07 Å². The van der Waals surface area contributed by atoms with E-state index in [-0.39, 0.29) is 22.8 Å². The van der Waals surface area contributed by atoms with E-state index in [9.17, 15) is 8.78 Å². The zero-order valence-corrected chi connectivity index (χ0v) is 20.0. The maximum Gasteiger partial charge on any atom is 0.228 e. The van der Waals surface area contributed by atoms with Crippen molar-refractivity contribution >= 4 is 11.8 Å². The number of anilines is 2. The lowest BCUT2D eigenvalue weighted by atomic mass is 10.1. The molecule has 188 valence electrons. The molecule has 1 fully saturated rings. The molecule has 3 aromatic rings. The number of rotatable bonds is 10. The van der Waals surface area contributed by atoms with Crippen molar-refractivity contribution in [3.63, 3.8) is 0 Å². The van der Waals surface area contributed by atoms with Crippen molar-refractivity contribution in [2.45, 2.75) is 20.1 Å². The van der Waals surface area contributed by atoms with Crippen molar-refractivity contribution in [3.8, 4) is 17.2 Å². The van der Waals surface area contributed by atoms with Crippen molar-refractivity contribution in [1.29, 1.82) is 0 Å². The standard InChI is InChI=1S/C23H29F2N7O3/c1-4-31-5-7-32(8-6-31)13-15-9-20(30-29-15)28-23-26-11-16(12-27-23)35-14-17-21(24)18(33-2)10-19(34-3)22(17)25/h9-12H,4-8,13-14H2,1-3H3,(H2,26,27,28,29,30). The number of nitrogens with zero attached hydrogens (tertiary/aromatic N) is 5. The van der Waals surface area contributed by atoms with E-state index in [2.05, 4.69) is 42.2 Å². The van der Waals surface area contributed by atoms with Crippen LogP contribution in [-0.4, -0.2) is 76.9 Å². The van der Waals surface area contributed by atoms with E-state index in [0.717, 1.165) is 51.0 Å². The van der Waals surface area contributed by atoms with Crippen LogP contribution in [0.1, 0.15) is 18.2 Å². The second-order valence-electron chi connectivity index (χ2n) is 8.03. The largest absolute Gasteiger partial charge is 0.494 e. The Hall–Kier alpha value is -3.51. The zero-order chi connectivity index (χ0) is 24.8. The fourth-order valence-corrected chi connectivity index (χ4v) is 3.80. The fourth-order valence-electron chi connectivity index (χ4n) is 3.80. The molecule has 0 radical (unpaired) electrons. The number of ether oxygens (including phenoxy) is 3. The van der Waals surface area contributed by atoms with Crippen molar-refractivity contribution in [2.24, 2.45) is 0 Å². The summed E-state index contributed by atoms with van der Waals surface area (Å²) in [4.78, 5) is 13.2. The lowest BCUT2D eigenvalue weighted by molar-refractivity contribution is 0.131. The highest BCUT2D eigenvalue weighted by molar-refractivity contribution is 5.48. The minimum Gasteiger partial charge on any atom is -0.494 e. The highest BCUT2D eigenvalue weighted by atomic mass is 19.1. The monoisotopic (exact) mass is 489 g/mol. The Kier molecular flexibility index (Phi) is 7.93. The normalized spacial score (nSPS) is 14.7. The van der Waals surface area contributed by atoms with Gasteiger partial charge in [-0.15, -0.1) is 0 Å². The molecule has 2 N–H and O–H groups in total. The Labute approximate surface area is 202 Å². The van der Waals surface area contributed by atoms with Crippen LogP contribution in [0.15, 0.2) is 24.5 Å². The molecule has 35 heavy (non-hydrogen) atoms. The lowest BCUT2D eigenvalue weighted by Gasteiger charge is -2.33. The van der Waals surface area contributed by atoms with E-state index in [1.165, 1.54) is 26.6 Å². The number of aromatic nitrogens is 4. The summed E-state index contributed by atoms with van der Waals surface area (Å²) in [7, 11) is 2.58. The summed E-state index contributed by atoms with van der Waals surface area (Å²) in [6, 6.07) is 3.06. The Morgan fingerprint density at radius 1 is 0.971 bits per heavy atom.